The highest BCUT2D eigenvalue weighted by Gasteiger charge is 2.33. The molecule has 0 fully saturated rings. The van der Waals surface area contributed by atoms with Crippen LogP contribution in [0.3, 0.4) is 0 Å². The van der Waals surface area contributed by atoms with E-state index in [1.54, 1.807) is 14.0 Å². The monoisotopic (exact) mass is 275 g/mol. The van der Waals surface area contributed by atoms with E-state index in [9.17, 15) is 18.0 Å². The van der Waals surface area contributed by atoms with E-state index in [-0.39, 0.29) is 17.9 Å². The Morgan fingerprint density at radius 2 is 2.16 bits per heavy atom. The molecular weight excluding hydrogens is 259 g/mol. The number of nitrogens with zero attached hydrogens (tertiary/aromatic N) is 2. The molecule has 1 amide bonds. The number of amides is 1. The van der Waals surface area contributed by atoms with Crippen molar-refractivity contribution in [3.8, 4) is 0 Å². The molecule has 1 aromatic rings. The Morgan fingerprint density at radius 3 is 2.68 bits per heavy atom. The van der Waals surface area contributed by atoms with Gasteiger partial charge in [-0.25, -0.2) is 4.98 Å². The van der Waals surface area contributed by atoms with E-state index in [1.165, 1.54) is 18.3 Å². The minimum Gasteiger partial charge on any atom is -0.372 e. The maximum absolute atomic E-state index is 12.5. The Hall–Kier alpha value is -1.79. The van der Waals surface area contributed by atoms with Crippen molar-refractivity contribution < 1.29 is 18.0 Å². The number of aromatic nitrogens is 1. The normalized spacial score (nSPS) is 11.2. The Labute approximate surface area is 109 Å². The molecule has 0 aliphatic heterocycles. The van der Waals surface area contributed by atoms with Crippen LogP contribution in [0.2, 0.25) is 0 Å². The molecule has 0 aliphatic rings. The van der Waals surface area contributed by atoms with Crippen LogP contribution in [-0.2, 0) is 0 Å². The van der Waals surface area contributed by atoms with Gasteiger partial charge in [-0.1, -0.05) is 6.92 Å². The summed E-state index contributed by atoms with van der Waals surface area (Å²) in [7, 11) is 1.56. The maximum Gasteiger partial charge on any atom is 0.406 e. The molecule has 4 nitrogen and oxygen atoms in total. The molecule has 0 atom stereocenters. The average molecular weight is 275 g/mol. The van der Waals surface area contributed by atoms with Crippen molar-refractivity contribution in [1.82, 2.24) is 9.88 Å². The second-order valence-corrected chi connectivity index (χ2v) is 3.99. The van der Waals surface area contributed by atoms with E-state index >= 15 is 0 Å². The maximum atomic E-state index is 12.5. The lowest BCUT2D eigenvalue weighted by Gasteiger charge is -2.24. The van der Waals surface area contributed by atoms with Gasteiger partial charge in [0.1, 0.15) is 12.4 Å². The number of hydrogen-bond donors (Lipinski definition) is 1. The van der Waals surface area contributed by atoms with Crippen LogP contribution >= 0.6 is 0 Å². The van der Waals surface area contributed by atoms with Crippen molar-refractivity contribution in [2.75, 3.05) is 25.5 Å². The van der Waals surface area contributed by atoms with Gasteiger partial charge in [-0.05, 0) is 18.6 Å². The zero-order valence-corrected chi connectivity index (χ0v) is 10.8. The van der Waals surface area contributed by atoms with Crippen LogP contribution in [-0.4, -0.2) is 42.1 Å². The SMILES string of the molecule is CCCN(CC(F)(F)F)C(=O)c1cccnc1NC. The van der Waals surface area contributed by atoms with Gasteiger partial charge in [0.05, 0.1) is 5.56 Å². The number of nitrogens with one attached hydrogen (secondary N) is 1. The van der Waals surface area contributed by atoms with Gasteiger partial charge in [0.25, 0.3) is 5.91 Å². The van der Waals surface area contributed by atoms with E-state index in [0.29, 0.717) is 6.42 Å². The molecule has 0 saturated heterocycles. The Bertz CT molecular complexity index is 434. The third kappa shape index (κ3) is 4.42. The highest BCUT2D eigenvalue weighted by molar-refractivity contribution is 5.98. The first kappa shape index (κ1) is 15.3. The summed E-state index contributed by atoms with van der Waals surface area (Å²) in [6.45, 7) is 0.521. The molecule has 0 aromatic carbocycles. The third-order valence-corrected chi connectivity index (χ3v) is 2.43. The lowest BCUT2D eigenvalue weighted by Crippen LogP contribution is -2.39. The zero-order valence-electron chi connectivity index (χ0n) is 10.8. The molecule has 0 bridgehead atoms. The predicted molar refractivity (Wildman–Crippen MR) is 66.0 cm³/mol. The van der Waals surface area contributed by atoms with Crippen LogP contribution < -0.4 is 5.32 Å². The number of pyridine rings is 1. The van der Waals surface area contributed by atoms with Crippen molar-refractivity contribution in [3.63, 3.8) is 0 Å². The molecule has 106 valence electrons. The van der Waals surface area contributed by atoms with Crippen LogP contribution in [0.25, 0.3) is 0 Å². The molecule has 19 heavy (non-hydrogen) atoms. The van der Waals surface area contributed by atoms with Crippen LogP contribution in [0.1, 0.15) is 23.7 Å². The highest BCUT2D eigenvalue weighted by Crippen LogP contribution is 2.20. The van der Waals surface area contributed by atoms with E-state index in [0.717, 1.165) is 4.90 Å². The fraction of sp³-hybridized carbons (Fsp3) is 0.500. The summed E-state index contributed by atoms with van der Waals surface area (Å²) in [6.07, 6.45) is -2.49. The summed E-state index contributed by atoms with van der Waals surface area (Å²) in [5, 5.41) is 2.70. The van der Waals surface area contributed by atoms with Gasteiger partial charge in [-0.2, -0.15) is 13.2 Å². The summed E-state index contributed by atoms with van der Waals surface area (Å²) < 4.78 is 37.4. The zero-order chi connectivity index (χ0) is 14.5. The Kier molecular flexibility index (Phi) is 5.14. The van der Waals surface area contributed by atoms with Gasteiger partial charge in [0, 0.05) is 19.8 Å². The van der Waals surface area contributed by atoms with E-state index < -0.39 is 18.6 Å². The van der Waals surface area contributed by atoms with Crippen LogP contribution in [0.5, 0.6) is 0 Å². The molecule has 0 aliphatic carbocycles. The molecule has 1 heterocycles. The summed E-state index contributed by atoms with van der Waals surface area (Å²) in [5.74, 6) is -0.396. The first-order valence-corrected chi connectivity index (χ1v) is 5.87. The summed E-state index contributed by atoms with van der Waals surface area (Å²) in [4.78, 5) is 16.8. The molecule has 0 radical (unpaired) electrons. The minimum absolute atomic E-state index is 0.0520. The summed E-state index contributed by atoms with van der Waals surface area (Å²) in [5.41, 5.74) is 0.141. The second kappa shape index (κ2) is 6.40. The standard InChI is InChI=1S/C12H16F3N3O/c1-3-7-18(8-12(13,14)15)11(19)9-5-4-6-17-10(9)16-2/h4-6H,3,7-8H2,1-2H3,(H,16,17). The van der Waals surface area contributed by atoms with Crippen molar-refractivity contribution in [3.05, 3.63) is 23.9 Å². The number of carbonyl (C=O) groups is 1. The number of halogens is 3. The number of carbonyl (C=O) groups excluding carboxylic acids is 1. The fourth-order valence-electron chi connectivity index (χ4n) is 1.69. The topological polar surface area (TPSA) is 45.2 Å². The van der Waals surface area contributed by atoms with Gasteiger partial charge >= 0.3 is 6.18 Å². The lowest BCUT2D eigenvalue weighted by molar-refractivity contribution is -0.140. The Morgan fingerprint density at radius 1 is 1.47 bits per heavy atom. The van der Waals surface area contributed by atoms with Crippen molar-refractivity contribution in [2.45, 2.75) is 19.5 Å². The highest BCUT2D eigenvalue weighted by atomic mass is 19.4. The molecule has 1 rings (SSSR count). The molecule has 0 saturated carbocycles. The first-order valence-electron chi connectivity index (χ1n) is 5.87. The molecular formula is C12H16F3N3O. The van der Waals surface area contributed by atoms with Gasteiger partial charge in [0.2, 0.25) is 0 Å². The molecule has 1 aromatic heterocycles. The fourth-order valence-corrected chi connectivity index (χ4v) is 1.69. The molecule has 1 N–H and O–H groups in total. The predicted octanol–water partition coefficient (Wildman–Crippen LogP) is 2.54. The van der Waals surface area contributed by atoms with Crippen molar-refractivity contribution in [1.29, 1.82) is 0 Å². The van der Waals surface area contributed by atoms with E-state index in [2.05, 4.69) is 10.3 Å². The molecule has 0 spiro atoms. The van der Waals surface area contributed by atoms with E-state index in [1.807, 2.05) is 0 Å². The van der Waals surface area contributed by atoms with Gasteiger partial charge < -0.3 is 10.2 Å². The minimum atomic E-state index is -4.41. The van der Waals surface area contributed by atoms with Gasteiger partial charge in [0.15, 0.2) is 0 Å². The quantitative estimate of drug-likeness (QED) is 0.898. The van der Waals surface area contributed by atoms with Crippen molar-refractivity contribution >= 4 is 11.7 Å². The van der Waals surface area contributed by atoms with Crippen LogP contribution in [0, 0.1) is 0 Å². The van der Waals surface area contributed by atoms with E-state index in [4.69, 9.17) is 0 Å². The Balaban J connectivity index is 2.99. The average Bonchev–Trinajstić information content (AvgIpc) is 2.36. The van der Waals surface area contributed by atoms with Crippen LogP contribution in [0.15, 0.2) is 18.3 Å². The second-order valence-electron chi connectivity index (χ2n) is 3.99. The smallest absolute Gasteiger partial charge is 0.372 e. The largest absolute Gasteiger partial charge is 0.406 e. The van der Waals surface area contributed by atoms with Crippen LogP contribution in [0.4, 0.5) is 19.0 Å². The molecule has 7 heteroatoms. The number of anilines is 1. The molecule has 0 unspecified atom stereocenters. The number of rotatable bonds is 5. The van der Waals surface area contributed by atoms with Gasteiger partial charge in [-0.15, -0.1) is 0 Å². The third-order valence-electron chi connectivity index (χ3n) is 2.43. The summed E-state index contributed by atoms with van der Waals surface area (Å²) >= 11 is 0. The lowest BCUT2D eigenvalue weighted by atomic mass is 10.2. The number of hydrogen-bond acceptors (Lipinski definition) is 3. The van der Waals surface area contributed by atoms with Crippen molar-refractivity contribution in [2.24, 2.45) is 0 Å². The number of alkyl halides is 3. The first-order chi connectivity index (χ1) is 8.89. The summed E-state index contributed by atoms with van der Waals surface area (Å²) in [6, 6.07) is 2.98. The van der Waals surface area contributed by atoms with Gasteiger partial charge in [-0.3, -0.25) is 4.79 Å².